The van der Waals surface area contributed by atoms with Crippen molar-refractivity contribution in [3.05, 3.63) is 16.9 Å². The van der Waals surface area contributed by atoms with Crippen molar-refractivity contribution in [2.75, 3.05) is 0 Å². The molecule has 1 aliphatic rings. The number of hydrogen-bond acceptors (Lipinski definition) is 2. The summed E-state index contributed by atoms with van der Waals surface area (Å²) in [5.41, 5.74) is -0.513. The second kappa shape index (κ2) is 3.66. The van der Waals surface area contributed by atoms with Crippen LogP contribution in [0.2, 0.25) is 0 Å². The number of halogens is 1. The van der Waals surface area contributed by atoms with Gasteiger partial charge in [-0.3, -0.25) is 4.68 Å². The van der Waals surface area contributed by atoms with Gasteiger partial charge in [0.1, 0.15) is 0 Å². The fraction of sp³-hybridized carbons (Fsp3) is 0.700. The van der Waals surface area contributed by atoms with Gasteiger partial charge in [0.2, 0.25) is 0 Å². The maximum Gasteiger partial charge on any atom is 0.0640 e. The molecular weight excluding hydrogens is 244 g/mol. The lowest BCUT2D eigenvalue weighted by Gasteiger charge is -2.33. The van der Waals surface area contributed by atoms with Crippen LogP contribution >= 0.6 is 15.9 Å². The molecule has 0 aliphatic heterocycles. The summed E-state index contributed by atoms with van der Waals surface area (Å²) in [6.45, 7) is 1.91. The Bertz CT molecular complexity index is 322. The van der Waals surface area contributed by atoms with E-state index in [0.29, 0.717) is 6.04 Å². The van der Waals surface area contributed by atoms with Gasteiger partial charge < -0.3 is 5.11 Å². The van der Waals surface area contributed by atoms with Gasteiger partial charge in [-0.05, 0) is 48.5 Å². The lowest BCUT2D eigenvalue weighted by atomic mass is 9.83. The SMILES string of the molecule is CC1(O)CCCC(n2cc(Br)cn2)C1. The van der Waals surface area contributed by atoms with E-state index in [2.05, 4.69) is 21.0 Å². The molecule has 0 spiro atoms. The van der Waals surface area contributed by atoms with Crippen LogP contribution in [-0.4, -0.2) is 20.5 Å². The Morgan fingerprint density at radius 3 is 3.07 bits per heavy atom. The third-order valence-corrected chi connectivity index (χ3v) is 3.28. The topological polar surface area (TPSA) is 38.0 Å². The maximum absolute atomic E-state index is 9.96. The standard InChI is InChI=1S/C10H15BrN2O/c1-10(14)4-2-3-9(5-10)13-7-8(11)6-12-13/h6-7,9,14H,2-5H2,1H3. The van der Waals surface area contributed by atoms with Crippen LogP contribution in [0.1, 0.15) is 38.6 Å². The smallest absolute Gasteiger partial charge is 0.0640 e. The van der Waals surface area contributed by atoms with Crippen LogP contribution in [0, 0.1) is 0 Å². The van der Waals surface area contributed by atoms with Crippen LogP contribution in [0.4, 0.5) is 0 Å². The molecule has 1 aromatic rings. The Balaban J connectivity index is 2.12. The van der Waals surface area contributed by atoms with E-state index in [1.54, 1.807) is 6.20 Å². The van der Waals surface area contributed by atoms with Crippen molar-refractivity contribution in [3.8, 4) is 0 Å². The van der Waals surface area contributed by atoms with Gasteiger partial charge in [0.05, 0.1) is 22.3 Å². The highest BCUT2D eigenvalue weighted by Gasteiger charge is 2.30. The Hall–Kier alpha value is -0.350. The second-order valence-electron chi connectivity index (χ2n) is 4.39. The van der Waals surface area contributed by atoms with E-state index in [1.807, 2.05) is 17.8 Å². The van der Waals surface area contributed by atoms with E-state index in [0.717, 1.165) is 30.2 Å². The zero-order valence-electron chi connectivity index (χ0n) is 8.28. The number of aromatic nitrogens is 2. The molecule has 4 heteroatoms. The maximum atomic E-state index is 9.96. The normalized spacial score (nSPS) is 33.2. The molecule has 1 heterocycles. The minimum absolute atomic E-state index is 0.352. The molecule has 2 rings (SSSR count). The van der Waals surface area contributed by atoms with E-state index in [9.17, 15) is 5.11 Å². The monoisotopic (exact) mass is 258 g/mol. The highest BCUT2D eigenvalue weighted by Crippen LogP contribution is 2.34. The third kappa shape index (κ3) is 2.17. The number of rotatable bonds is 1. The molecule has 3 nitrogen and oxygen atoms in total. The van der Waals surface area contributed by atoms with Gasteiger partial charge in [-0.1, -0.05) is 0 Å². The lowest BCUT2D eigenvalue weighted by Crippen LogP contribution is -2.33. The van der Waals surface area contributed by atoms with Gasteiger partial charge in [0.25, 0.3) is 0 Å². The van der Waals surface area contributed by atoms with Crippen molar-refractivity contribution in [1.29, 1.82) is 0 Å². The highest BCUT2D eigenvalue weighted by molar-refractivity contribution is 9.10. The molecule has 1 N–H and O–H groups in total. The molecule has 1 aromatic heterocycles. The van der Waals surface area contributed by atoms with Crippen LogP contribution in [0.3, 0.4) is 0 Å². The Kier molecular flexibility index (Phi) is 2.66. The summed E-state index contributed by atoms with van der Waals surface area (Å²) in [6, 6.07) is 0.352. The molecule has 0 amide bonds. The molecule has 1 aliphatic carbocycles. The van der Waals surface area contributed by atoms with Crippen LogP contribution < -0.4 is 0 Å². The summed E-state index contributed by atoms with van der Waals surface area (Å²) < 4.78 is 2.96. The Morgan fingerprint density at radius 2 is 2.50 bits per heavy atom. The van der Waals surface area contributed by atoms with Crippen LogP contribution in [-0.2, 0) is 0 Å². The second-order valence-corrected chi connectivity index (χ2v) is 5.30. The van der Waals surface area contributed by atoms with Crippen molar-refractivity contribution < 1.29 is 5.11 Å². The third-order valence-electron chi connectivity index (χ3n) is 2.87. The first-order chi connectivity index (χ1) is 6.57. The number of hydrogen-bond donors (Lipinski definition) is 1. The molecule has 2 atom stereocenters. The molecule has 0 radical (unpaired) electrons. The van der Waals surface area contributed by atoms with Gasteiger partial charge in [-0.2, -0.15) is 5.10 Å². The van der Waals surface area contributed by atoms with Crippen LogP contribution in [0.15, 0.2) is 16.9 Å². The fourth-order valence-electron chi connectivity index (χ4n) is 2.17. The average Bonchev–Trinajstić information content (AvgIpc) is 2.50. The van der Waals surface area contributed by atoms with Crippen LogP contribution in [0.25, 0.3) is 0 Å². The van der Waals surface area contributed by atoms with E-state index in [1.165, 1.54) is 0 Å². The van der Waals surface area contributed by atoms with Gasteiger partial charge >= 0.3 is 0 Å². The summed E-state index contributed by atoms with van der Waals surface area (Å²) in [7, 11) is 0. The summed E-state index contributed by atoms with van der Waals surface area (Å²) in [6.07, 6.45) is 7.68. The van der Waals surface area contributed by atoms with Crippen molar-refractivity contribution in [3.63, 3.8) is 0 Å². The molecule has 0 bridgehead atoms. The first-order valence-corrected chi connectivity index (χ1v) is 5.78. The van der Waals surface area contributed by atoms with Gasteiger partial charge in [0, 0.05) is 6.20 Å². The Morgan fingerprint density at radius 1 is 1.71 bits per heavy atom. The zero-order chi connectivity index (χ0) is 10.2. The molecule has 1 saturated carbocycles. The van der Waals surface area contributed by atoms with E-state index < -0.39 is 5.60 Å². The van der Waals surface area contributed by atoms with E-state index in [4.69, 9.17) is 0 Å². The van der Waals surface area contributed by atoms with Crippen molar-refractivity contribution in [2.24, 2.45) is 0 Å². The van der Waals surface area contributed by atoms with Gasteiger partial charge in [0.15, 0.2) is 0 Å². The largest absolute Gasteiger partial charge is 0.390 e. The van der Waals surface area contributed by atoms with Crippen molar-refractivity contribution in [1.82, 2.24) is 9.78 Å². The van der Waals surface area contributed by atoms with Crippen molar-refractivity contribution in [2.45, 2.75) is 44.2 Å². The zero-order valence-corrected chi connectivity index (χ0v) is 9.87. The molecule has 78 valence electrons. The average molecular weight is 259 g/mol. The molecule has 2 unspecified atom stereocenters. The number of aliphatic hydroxyl groups is 1. The minimum Gasteiger partial charge on any atom is -0.390 e. The van der Waals surface area contributed by atoms with Gasteiger partial charge in [-0.15, -0.1) is 0 Å². The minimum atomic E-state index is -0.513. The van der Waals surface area contributed by atoms with E-state index >= 15 is 0 Å². The quantitative estimate of drug-likeness (QED) is 0.841. The van der Waals surface area contributed by atoms with Crippen molar-refractivity contribution >= 4 is 15.9 Å². The summed E-state index contributed by atoms with van der Waals surface area (Å²) in [5, 5.41) is 14.2. The first kappa shape index (κ1) is 10.2. The van der Waals surface area contributed by atoms with E-state index in [-0.39, 0.29) is 0 Å². The molecule has 14 heavy (non-hydrogen) atoms. The first-order valence-electron chi connectivity index (χ1n) is 4.99. The molecule has 0 aromatic carbocycles. The fourth-order valence-corrected chi connectivity index (χ4v) is 2.47. The van der Waals surface area contributed by atoms with Gasteiger partial charge in [-0.25, -0.2) is 0 Å². The summed E-state index contributed by atoms with van der Waals surface area (Å²) >= 11 is 3.38. The summed E-state index contributed by atoms with van der Waals surface area (Å²) in [5.74, 6) is 0. The molecular formula is C10H15BrN2O. The summed E-state index contributed by atoms with van der Waals surface area (Å²) in [4.78, 5) is 0. The predicted molar refractivity (Wildman–Crippen MR) is 58.1 cm³/mol. The lowest BCUT2D eigenvalue weighted by molar-refractivity contribution is 0.00180. The van der Waals surface area contributed by atoms with Crippen LogP contribution in [0.5, 0.6) is 0 Å². The highest BCUT2D eigenvalue weighted by atomic mass is 79.9. The molecule has 1 fully saturated rings. The Labute approximate surface area is 92.2 Å². The predicted octanol–water partition coefficient (Wildman–Crippen LogP) is 2.51. The number of nitrogens with zero attached hydrogens (tertiary/aromatic N) is 2. The molecule has 0 saturated heterocycles.